The lowest BCUT2D eigenvalue weighted by molar-refractivity contribution is -0.114. The molecule has 2 aromatic carbocycles. The summed E-state index contributed by atoms with van der Waals surface area (Å²) in [7, 11) is 0. The minimum absolute atomic E-state index is 0.285. The van der Waals surface area contributed by atoms with Gasteiger partial charge < -0.3 is 4.90 Å². The second-order valence-electron chi connectivity index (χ2n) is 4.47. The van der Waals surface area contributed by atoms with Crippen molar-refractivity contribution in [3.05, 3.63) is 63.1 Å². The van der Waals surface area contributed by atoms with E-state index in [1.807, 2.05) is 18.2 Å². The van der Waals surface area contributed by atoms with E-state index < -0.39 is 11.7 Å². The molecule has 0 radical (unpaired) electrons. The van der Waals surface area contributed by atoms with Gasteiger partial charge in [-0.05, 0) is 29.8 Å². The standard InChI is InChI=1S/C15H9BrClNO2/c16-10-5-6-11-13(7-10)18(15(20)14(11)19)8-9-3-1-2-4-12(9)17/h1-7H,8H2. The number of Topliss-reactive ketones (excluding diaryl/α,β-unsaturated/α-hetero) is 1. The van der Waals surface area contributed by atoms with E-state index in [2.05, 4.69) is 15.9 Å². The second-order valence-corrected chi connectivity index (χ2v) is 5.80. The first-order chi connectivity index (χ1) is 9.58. The molecule has 2 aromatic rings. The fraction of sp³-hybridized carbons (Fsp3) is 0.0667. The van der Waals surface area contributed by atoms with Gasteiger partial charge in [-0.3, -0.25) is 9.59 Å². The molecule has 100 valence electrons. The summed E-state index contributed by atoms with van der Waals surface area (Å²) in [5, 5.41) is 0.580. The normalized spacial score (nSPS) is 13.8. The van der Waals surface area contributed by atoms with Crippen molar-refractivity contribution in [3.8, 4) is 0 Å². The maximum Gasteiger partial charge on any atom is 0.299 e. The van der Waals surface area contributed by atoms with Crippen molar-refractivity contribution in [1.82, 2.24) is 0 Å². The van der Waals surface area contributed by atoms with Gasteiger partial charge in [0, 0.05) is 9.50 Å². The van der Waals surface area contributed by atoms with Gasteiger partial charge in [-0.1, -0.05) is 45.7 Å². The van der Waals surface area contributed by atoms with Crippen molar-refractivity contribution < 1.29 is 9.59 Å². The molecule has 0 aliphatic carbocycles. The van der Waals surface area contributed by atoms with Gasteiger partial charge in [-0.2, -0.15) is 0 Å². The summed E-state index contributed by atoms with van der Waals surface area (Å²) in [5.74, 6) is -0.988. The topological polar surface area (TPSA) is 37.4 Å². The van der Waals surface area contributed by atoms with Crippen LogP contribution in [0.4, 0.5) is 5.69 Å². The Morgan fingerprint density at radius 3 is 2.60 bits per heavy atom. The first-order valence-electron chi connectivity index (χ1n) is 5.97. The summed E-state index contributed by atoms with van der Waals surface area (Å²) in [4.78, 5) is 25.5. The summed E-state index contributed by atoms with van der Waals surface area (Å²) >= 11 is 9.47. The largest absolute Gasteiger partial charge is 0.300 e. The number of rotatable bonds is 2. The van der Waals surface area contributed by atoms with Crippen LogP contribution in [-0.4, -0.2) is 11.7 Å². The van der Waals surface area contributed by atoms with Crippen LogP contribution in [0, 0.1) is 0 Å². The zero-order valence-corrected chi connectivity index (χ0v) is 12.6. The molecule has 1 heterocycles. The van der Waals surface area contributed by atoms with Crippen molar-refractivity contribution in [1.29, 1.82) is 0 Å². The van der Waals surface area contributed by atoms with Crippen LogP contribution in [0.2, 0.25) is 5.02 Å². The van der Waals surface area contributed by atoms with Crippen LogP contribution in [0.25, 0.3) is 0 Å². The summed E-state index contributed by atoms with van der Waals surface area (Å²) in [6, 6.07) is 12.5. The average molecular weight is 351 g/mol. The van der Waals surface area contributed by atoms with Crippen LogP contribution in [0.1, 0.15) is 15.9 Å². The quantitative estimate of drug-likeness (QED) is 0.772. The Balaban J connectivity index is 2.03. The number of ketones is 1. The third-order valence-electron chi connectivity index (χ3n) is 3.22. The van der Waals surface area contributed by atoms with E-state index in [0.29, 0.717) is 16.3 Å². The number of hydrogen-bond donors (Lipinski definition) is 0. The highest BCUT2D eigenvalue weighted by Crippen LogP contribution is 2.33. The number of amides is 1. The van der Waals surface area contributed by atoms with Crippen molar-refractivity contribution >= 4 is 44.9 Å². The lowest BCUT2D eigenvalue weighted by atomic mass is 10.1. The van der Waals surface area contributed by atoms with Crippen LogP contribution in [0.3, 0.4) is 0 Å². The van der Waals surface area contributed by atoms with Crippen molar-refractivity contribution in [2.75, 3.05) is 4.90 Å². The number of nitrogens with zero attached hydrogens (tertiary/aromatic N) is 1. The third-order valence-corrected chi connectivity index (χ3v) is 4.08. The molecule has 20 heavy (non-hydrogen) atoms. The number of halogens is 2. The molecule has 1 amide bonds. The van der Waals surface area contributed by atoms with E-state index in [1.54, 1.807) is 24.3 Å². The van der Waals surface area contributed by atoms with Gasteiger partial charge in [0.1, 0.15) is 0 Å². The monoisotopic (exact) mass is 349 g/mol. The van der Waals surface area contributed by atoms with Crippen LogP contribution < -0.4 is 4.90 Å². The molecule has 0 saturated heterocycles. The maximum absolute atomic E-state index is 12.1. The number of hydrogen-bond acceptors (Lipinski definition) is 2. The highest BCUT2D eigenvalue weighted by Gasteiger charge is 2.35. The Labute approximate surface area is 129 Å². The zero-order valence-electron chi connectivity index (χ0n) is 10.3. The first-order valence-corrected chi connectivity index (χ1v) is 7.14. The molecule has 3 nitrogen and oxygen atoms in total. The summed E-state index contributed by atoms with van der Waals surface area (Å²) in [5.41, 5.74) is 1.86. The molecule has 0 aromatic heterocycles. The van der Waals surface area contributed by atoms with Crippen molar-refractivity contribution in [2.24, 2.45) is 0 Å². The van der Waals surface area contributed by atoms with Gasteiger partial charge in [0.15, 0.2) is 0 Å². The Hall–Kier alpha value is -1.65. The summed E-state index contributed by atoms with van der Waals surface area (Å²) < 4.78 is 0.822. The molecule has 0 fully saturated rings. The molecule has 3 rings (SSSR count). The number of benzene rings is 2. The highest BCUT2D eigenvalue weighted by atomic mass is 79.9. The second kappa shape index (κ2) is 5.04. The molecule has 0 spiro atoms. The third kappa shape index (κ3) is 2.15. The highest BCUT2D eigenvalue weighted by molar-refractivity contribution is 9.10. The van der Waals surface area contributed by atoms with E-state index in [0.717, 1.165) is 10.0 Å². The summed E-state index contributed by atoms with van der Waals surface area (Å²) in [6.07, 6.45) is 0. The molecule has 0 unspecified atom stereocenters. The predicted molar refractivity (Wildman–Crippen MR) is 81.1 cm³/mol. The van der Waals surface area contributed by atoms with Crippen LogP contribution >= 0.6 is 27.5 Å². The Kier molecular flexibility index (Phi) is 3.36. The molecular weight excluding hydrogens is 342 g/mol. The Morgan fingerprint density at radius 2 is 1.85 bits per heavy atom. The minimum Gasteiger partial charge on any atom is -0.300 e. The smallest absolute Gasteiger partial charge is 0.299 e. The van der Waals surface area contributed by atoms with Gasteiger partial charge in [-0.15, -0.1) is 0 Å². The Morgan fingerprint density at radius 1 is 1.10 bits per heavy atom. The summed E-state index contributed by atoms with van der Waals surface area (Å²) in [6.45, 7) is 0.285. The lowest BCUT2D eigenvalue weighted by Crippen LogP contribution is -2.29. The number of fused-ring (bicyclic) bond motifs is 1. The molecular formula is C15H9BrClNO2. The van der Waals surface area contributed by atoms with Gasteiger partial charge >= 0.3 is 0 Å². The van der Waals surface area contributed by atoms with Crippen LogP contribution in [-0.2, 0) is 11.3 Å². The Bertz CT molecular complexity index is 730. The minimum atomic E-state index is -0.516. The first kappa shape index (κ1) is 13.3. The molecule has 1 aliphatic rings. The van der Waals surface area contributed by atoms with Gasteiger partial charge in [0.2, 0.25) is 0 Å². The number of carbonyl (C=O) groups is 2. The van der Waals surface area contributed by atoms with E-state index in [1.165, 1.54) is 4.90 Å². The fourth-order valence-corrected chi connectivity index (χ4v) is 2.77. The zero-order chi connectivity index (χ0) is 14.3. The van der Waals surface area contributed by atoms with Gasteiger partial charge in [0.25, 0.3) is 11.7 Å². The fourth-order valence-electron chi connectivity index (χ4n) is 2.22. The van der Waals surface area contributed by atoms with E-state index in [9.17, 15) is 9.59 Å². The van der Waals surface area contributed by atoms with Crippen LogP contribution in [0.15, 0.2) is 46.9 Å². The molecule has 0 bridgehead atoms. The molecule has 0 atom stereocenters. The average Bonchev–Trinajstić information content (AvgIpc) is 2.66. The van der Waals surface area contributed by atoms with Gasteiger partial charge in [-0.25, -0.2) is 0 Å². The van der Waals surface area contributed by atoms with Crippen molar-refractivity contribution in [2.45, 2.75) is 6.54 Å². The van der Waals surface area contributed by atoms with E-state index >= 15 is 0 Å². The van der Waals surface area contributed by atoms with E-state index in [-0.39, 0.29) is 6.54 Å². The number of anilines is 1. The van der Waals surface area contributed by atoms with Crippen molar-refractivity contribution in [3.63, 3.8) is 0 Å². The molecule has 1 aliphatic heterocycles. The molecule has 5 heteroatoms. The molecule has 0 N–H and O–H groups in total. The predicted octanol–water partition coefficient (Wildman–Crippen LogP) is 3.83. The van der Waals surface area contributed by atoms with E-state index in [4.69, 9.17) is 11.6 Å². The van der Waals surface area contributed by atoms with Crippen LogP contribution in [0.5, 0.6) is 0 Å². The molecule has 0 saturated carbocycles. The SMILES string of the molecule is O=C1C(=O)N(Cc2ccccc2Cl)c2cc(Br)ccc21. The number of carbonyl (C=O) groups excluding carboxylic acids is 2. The maximum atomic E-state index is 12.1. The van der Waals surface area contributed by atoms with Gasteiger partial charge in [0.05, 0.1) is 17.8 Å². The lowest BCUT2D eigenvalue weighted by Gasteiger charge is -2.17.